The fourth-order valence-corrected chi connectivity index (χ4v) is 2.60. The first-order valence-electron chi connectivity index (χ1n) is 6.18. The molecule has 2 aliphatic rings. The molecular weight excluding hydrogens is 196 g/mol. The molecule has 16 heavy (non-hydrogen) atoms. The third kappa shape index (κ3) is 1.91. The molecule has 1 fully saturated rings. The van der Waals surface area contributed by atoms with Crippen molar-refractivity contribution >= 4 is 5.57 Å². The van der Waals surface area contributed by atoms with E-state index in [9.17, 15) is 0 Å². The summed E-state index contributed by atoms with van der Waals surface area (Å²) in [5, 5.41) is 4.99. The second-order valence-electron chi connectivity index (χ2n) is 4.60. The molecule has 0 aliphatic carbocycles. The zero-order chi connectivity index (χ0) is 10.8. The van der Waals surface area contributed by atoms with E-state index < -0.39 is 0 Å². The van der Waals surface area contributed by atoms with Crippen molar-refractivity contribution in [1.29, 1.82) is 0 Å². The van der Waals surface area contributed by atoms with Gasteiger partial charge in [0.25, 0.3) is 0 Å². The molecule has 2 heterocycles. The van der Waals surface area contributed by atoms with E-state index in [-0.39, 0.29) is 0 Å². The molecular formula is C14H18N2. The highest BCUT2D eigenvalue weighted by Crippen LogP contribution is 2.23. The number of hydrogen-bond acceptors (Lipinski definition) is 2. The monoisotopic (exact) mass is 214 g/mol. The first-order valence-corrected chi connectivity index (χ1v) is 6.18. The molecule has 1 saturated heterocycles. The fourth-order valence-electron chi connectivity index (χ4n) is 2.60. The van der Waals surface area contributed by atoms with Crippen molar-refractivity contribution in [2.75, 3.05) is 26.2 Å². The molecule has 0 amide bonds. The number of hydrogen-bond donors (Lipinski definition) is 0. The van der Waals surface area contributed by atoms with Gasteiger partial charge in [-0.1, -0.05) is 36.4 Å². The largest absolute Gasteiger partial charge is 0.241 e. The van der Waals surface area contributed by atoms with E-state index >= 15 is 0 Å². The lowest BCUT2D eigenvalue weighted by atomic mass is 10.1. The molecule has 0 atom stereocenters. The summed E-state index contributed by atoms with van der Waals surface area (Å²) < 4.78 is 0. The number of rotatable bonds is 2. The van der Waals surface area contributed by atoms with Gasteiger partial charge in [-0.3, -0.25) is 0 Å². The van der Waals surface area contributed by atoms with Crippen LogP contribution in [0.5, 0.6) is 0 Å². The molecule has 2 heteroatoms. The van der Waals surface area contributed by atoms with Crippen LogP contribution < -0.4 is 0 Å². The van der Waals surface area contributed by atoms with Gasteiger partial charge in [0.15, 0.2) is 0 Å². The SMILES string of the molecule is C1=C(c2ccccc2)CN(N2CCCC2)C1. The molecule has 1 aromatic rings. The molecule has 0 bridgehead atoms. The first kappa shape index (κ1) is 10.1. The van der Waals surface area contributed by atoms with Crippen LogP contribution in [0.1, 0.15) is 18.4 Å². The molecule has 84 valence electrons. The van der Waals surface area contributed by atoms with Crippen LogP contribution >= 0.6 is 0 Å². The van der Waals surface area contributed by atoms with E-state index in [4.69, 9.17) is 0 Å². The highest BCUT2D eigenvalue weighted by molar-refractivity contribution is 5.68. The molecule has 0 saturated carbocycles. The minimum absolute atomic E-state index is 1.09. The van der Waals surface area contributed by atoms with Gasteiger partial charge in [0.05, 0.1) is 0 Å². The lowest BCUT2D eigenvalue weighted by molar-refractivity contribution is 0.0293. The van der Waals surface area contributed by atoms with Gasteiger partial charge in [-0.25, -0.2) is 10.0 Å². The summed E-state index contributed by atoms with van der Waals surface area (Å²) in [6, 6.07) is 10.7. The number of nitrogens with zero attached hydrogens (tertiary/aromatic N) is 2. The standard InChI is InChI=1S/C14H18N2/c1-2-6-13(7-3-1)14-8-11-16(12-14)15-9-4-5-10-15/h1-3,6-8H,4-5,9-12H2. The summed E-state index contributed by atoms with van der Waals surface area (Å²) in [5.41, 5.74) is 2.86. The highest BCUT2D eigenvalue weighted by Gasteiger charge is 2.23. The van der Waals surface area contributed by atoms with Gasteiger partial charge in [0, 0.05) is 26.2 Å². The van der Waals surface area contributed by atoms with E-state index in [0.717, 1.165) is 13.1 Å². The smallest absolute Gasteiger partial charge is 0.0390 e. The Bertz CT molecular complexity index is 377. The molecule has 2 nitrogen and oxygen atoms in total. The number of benzene rings is 1. The zero-order valence-corrected chi connectivity index (χ0v) is 9.60. The summed E-state index contributed by atoms with van der Waals surface area (Å²) in [5.74, 6) is 0. The van der Waals surface area contributed by atoms with Crippen LogP contribution in [-0.4, -0.2) is 36.2 Å². The molecule has 3 rings (SSSR count). The predicted molar refractivity (Wildman–Crippen MR) is 66.8 cm³/mol. The maximum Gasteiger partial charge on any atom is 0.0390 e. The zero-order valence-electron chi connectivity index (χ0n) is 9.60. The molecule has 1 aromatic carbocycles. The van der Waals surface area contributed by atoms with Gasteiger partial charge in [-0.15, -0.1) is 0 Å². The molecule has 0 spiro atoms. The van der Waals surface area contributed by atoms with E-state index in [0.29, 0.717) is 0 Å². The minimum atomic E-state index is 1.09. The molecule has 0 unspecified atom stereocenters. The van der Waals surface area contributed by atoms with Gasteiger partial charge < -0.3 is 0 Å². The van der Waals surface area contributed by atoms with Crippen molar-refractivity contribution in [2.24, 2.45) is 0 Å². The van der Waals surface area contributed by atoms with Crippen LogP contribution in [0.2, 0.25) is 0 Å². The third-order valence-corrected chi connectivity index (χ3v) is 3.53. The molecule has 0 radical (unpaired) electrons. The molecule has 0 aromatic heterocycles. The van der Waals surface area contributed by atoms with Gasteiger partial charge in [0.2, 0.25) is 0 Å². The van der Waals surface area contributed by atoms with E-state index in [1.807, 2.05) is 0 Å². The topological polar surface area (TPSA) is 6.48 Å². The van der Waals surface area contributed by atoms with E-state index in [2.05, 4.69) is 46.4 Å². The Kier molecular flexibility index (Phi) is 2.77. The normalized spacial score (nSPS) is 22.6. The van der Waals surface area contributed by atoms with E-state index in [1.54, 1.807) is 0 Å². The Hall–Kier alpha value is -1.12. The van der Waals surface area contributed by atoms with Crippen LogP contribution in [0.15, 0.2) is 36.4 Å². The van der Waals surface area contributed by atoms with Gasteiger partial charge in [-0.2, -0.15) is 0 Å². The Balaban J connectivity index is 1.68. The lowest BCUT2D eigenvalue weighted by Gasteiger charge is -2.27. The van der Waals surface area contributed by atoms with Gasteiger partial charge in [0.1, 0.15) is 0 Å². The van der Waals surface area contributed by atoms with Gasteiger partial charge >= 0.3 is 0 Å². The summed E-state index contributed by atoms with van der Waals surface area (Å²) in [6.07, 6.45) is 5.09. The van der Waals surface area contributed by atoms with Crippen molar-refractivity contribution in [1.82, 2.24) is 10.0 Å². The summed E-state index contributed by atoms with van der Waals surface area (Å²) >= 11 is 0. The second-order valence-corrected chi connectivity index (χ2v) is 4.60. The van der Waals surface area contributed by atoms with Crippen LogP contribution in [0.25, 0.3) is 5.57 Å². The Morgan fingerprint density at radius 1 is 0.875 bits per heavy atom. The predicted octanol–water partition coefficient (Wildman–Crippen LogP) is 2.40. The summed E-state index contributed by atoms with van der Waals surface area (Å²) in [4.78, 5) is 0. The van der Waals surface area contributed by atoms with Crippen LogP contribution in [0.4, 0.5) is 0 Å². The van der Waals surface area contributed by atoms with Crippen LogP contribution in [-0.2, 0) is 0 Å². The Morgan fingerprint density at radius 3 is 2.38 bits per heavy atom. The second kappa shape index (κ2) is 4.40. The lowest BCUT2D eigenvalue weighted by Crippen LogP contribution is -2.38. The molecule has 2 aliphatic heterocycles. The average Bonchev–Trinajstić information content (AvgIpc) is 3.01. The van der Waals surface area contributed by atoms with Crippen LogP contribution in [0.3, 0.4) is 0 Å². The first-order chi connectivity index (χ1) is 7.93. The van der Waals surface area contributed by atoms with Crippen molar-refractivity contribution in [3.63, 3.8) is 0 Å². The summed E-state index contributed by atoms with van der Waals surface area (Å²) in [6.45, 7) is 4.67. The quantitative estimate of drug-likeness (QED) is 0.746. The maximum absolute atomic E-state index is 2.51. The van der Waals surface area contributed by atoms with Crippen molar-refractivity contribution in [2.45, 2.75) is 12.8 Å². The fraction of sp³-hybridized carbons (Fsp3) is 0.429. The Labute approximate surface area is 97.1 Å². The summed E-state index contributed by atoms with van der Waals surface area (Å²) in [7, 11) is 0. The number of hydrazine groups is 1. The van der Waals surface area contributed by atoms with Crippen molar-refractivity contribution < 1.29 is 0 Å². The van der Waals surface area contributed by atoms with Crippen molar-refractivity contribution in [3.05, 3.63) is 42.0 Å². The maximum atomic E-state index is 2.51. The third-order valence-electron chi connectivity index (χ3n) is 3.53. The minimum Gasteiger partial charge on any atom is -0.241 e. The van der Waals surface area contributed by atoms with Crippen molar-refractivity contribution in [3.8, 4) is 0 Å². The Morgan fingerprint density at radius 2 is 1.62 bits per heavy atom. The van der Waals surface area contributed by atoms with Crippen LogP contribution in [0, 0.1) is 0 Å². The average molecular weight is 214 g/mol. The van der Waals surface area contributed by atoms with E-state index in [1.165, 1.54) is 37.1 Å². The highest BCUT2D eigenvalue weighted by atomic mass is 15.6. The molecule has 0 N–H and O–H groups in total. The van der Waals surface area contributed by atoms with Gasteiger partial charge in [-0.05, 0) is 24.0 Å².